The first kappa shape index (κ1) is 17.0. The molecule has 2 nitrogen and oxygen atoms in total. The molecule has 0 radical (unpaired) electrons. The van der Waals surface area contributed by atoms with Gasteiger partial charge in [0.15, 0.2) is 0 Å². The van der Waals surface area contributed by atoms with E-state index in [4.69, 9.17) is 0 Å². The summed E-state index contributed by atoms with van der Waals surface area (Å²) in [5, 5.41) is 0. The summed E-state index contributed by atoms with van der Waals surface area (Å²) in [6, 6.07) is 10.5. The van der Waals surface area contributed by atoms with Gasteiger partial charge >= 0.3 is 36.4 Å². The maximum absolute atomic E-state index is 11.2. The zero-order valence-corrected chi connectivity index (χ0v) is 13.1. The van der Waals surface area contributed by atoms with Gasteiger partial charge < -0.3 is 9.80 Å². The molecule has 116 valence electrons. The van der Waals surface area contributed by atoms with Crippen LogP contribution in [0.3, 0.4) is 0 Å². The van der Waals surface area contributed by atoms with Crippen LogP contribution in [0.15, 0.2) is 42.7 Å². The van der Waals surface area contributed by atoms with Gasteiger partial charge in [0.05, 0.1) is 6.67 Å². The molecular formula is C11H14F6N2Sb-. The van der Waals surface area contributed by atoms with E-state index in [0.717, 1.165) is 13.2 Å². The van der Waals surface area contributed by atoms with Crippen LogP contribution in [-0.4, -0.2) is 43.0 Å². The minimum absolute atomic E-state index is 0.995. The van der Waals surface area contributed by atoms with Crippen LogP contribution in [0.5, 0.6) is 0 Å². The fourth-order valence-electron chi connectivity index (χ4n) is 1.51. The van der Waals surface area contributed by atoms with Crippen LogP contribution in [0.25, 0.3) is 0 Å². The summed E-state index contributed by atoms with van der Waals surface area (Å²) >= 11 is -11.2. The first-order valence-corrected chi connectivity index (χ1v) is 11.3. The van der Waals surface area contributed by atoms with Gasteiger partial charge in [-0.05, 0) is 5.56 Å². The Morgan fingerprint density at radius 1 is 0.950 bits per heavy atom. The van der Waals surface area contributed by atoms with E-state index in [9.17, 15) is 16.9 Å². The molecule has 0 saturated heterocycles. The average molecular weight is 410 g/mol. The van der Waals surface area contributed by atoms with Crippen molar-refractivity contribution < 1.29 is 16.9 Å². The molecule has 0 N–H and O–H groups in total. The molecule has 1 aromatic rings. The van der Waals surface area contributed by atoms with Gasteiger partial charge in [0.2, 0.25) is 0 Å². The van der Waals surface area contributed by atoms with Gasteiger partial charge in [-0.1, -0.05) is 30.3 Å². The number of rotatable bonds is 2. The van der Waals surface area contributed by atoms with Gasteiger partial charge in [0, 0.05) is 26.0 Å². The molecule has 0 amide bonds. The second-order valence-corrected chi connectivity index (χ2v) is 9.86. The summed E-state index contributed by atoms with van der Waals surface area (Å²) < 4.78 is 59.6. The first-order chi connectivity index (χ1) is 8.79. The van der Waals surface area contributed by atoms with Crippen LogP contribution < -0.4 is 0 Å². The van der Waals surface area contributed by atoms with Gasteiger partial charge in [0.25, 0.3) is 0 Å². The summed E-state index contributed by atoms with van der Waals surface area (Å²) in [7, 11) is 2.08. The predicted molar refractivity (Wildman–Crippen MR) is 66.2 cm³/mol. The van der Waals surface area contributed by atoms with Crippen molar-refractivity contribution in [3.05, 3.63) is 48.3 Å². The summed E-state index contributed by atoms with van der Waals surface area (Å²) in [4.78, 5) is 4.46. The molecule has 0 spiro atoms. The Labute approximate surface area is 115 Å². The Balaban J connectivity index is 0.000000246. The second kappa shape index (κ2) is 5.06. The summed E-state index contributed by atoms with van der Waals surface area (Å²) in [5.74, 6) is 0. The fraction of sp³-hybridized carbons (Fsp3) is 0.273. The molecule has 0 saturated carbocycles. The van der Waals surface area contributed by atoms with E-state index in [1.807, 2.05) is 0 Å². The van der Waals surface area contributed by atoms with Crippen LogP contribution in [0.2, 0.25) is 0 Å². The Morgan fingerprint density at radius 3 is 1.85 bits per heavy atom. The summed E-state index contributed by atoms with van der Waals surface area (Å²) in [5.41, 5.74) is 1.36. The van der Waals surface area contributed by atoms with E-state index < -0.39 is 19.5 Å². The number of benzene rings is 1. The summed E-state index contributed by atoms with van der Waals surface area (Å²) in [6.07, 6.45) is 4.23. The zero-order chi connectivity index (χ0) is 15.5. The average Bonchev–Trinajstić information content (AvgIpc) is 2.61. The summed E-state index contributed by atoms with van der Waals surface area (Å²) in [6.45, 7) is 2.00. The van der Waals surface area contributed by atoms with Gasteiger partial charge in [-0.3, -0.25) is 0 Å². The SMILES string of the molecule is CN1C=CN(Cc2ccccc2)C1.[F][Sb-]([F])([F])([F])([F])[F]. The molecule has 1 aromatic carbocycles. The van der Waals surface area contributed by atoms with Crippen molar-refractivity contribution in [3.8, 4) is 0 Å². The Hall–Kier alpha value is -1.04. The van der Waals surface area contributed by atoms with E-state index in [0.29, 0.717) is 0 Å². The quantitative estimate of drug-likeness (QED) is 0.538. The van der Waals surface area contributed by atoms with E-state index in [-0.39, 0.29) is 0 Å². The third-order valence-electron chi connectivity index (χ3n) is 2.17. The van der Waals surface area contributed by atoms with Crippen LogP contribution in [0, 0.1) is 0 Å². The molecular weight excluding hydrogens is 396 g/mol. The van der Waals surface area contributed by atoms with Crippen molar-refractivity contribution in [1.29, 1.82) is 0 Å². The van der Waals surface area contributed by atoms with Gasteiger partial charge in [-0.25, -0.2) is 0 Å². The number of hydrogen-bond donors (Lipinski definition) is 0. The second-order valence-electron chi connectivity index (χ2n) is 4.39. The van der Waals surface area contributed by atoms with Crippen LogP contribution in [-0.2, 0) is 6.54 Å². The zero-order valence-electron chi connectivity index (χ0n) is 10.6. The maximum atomic E-state index is 9.93. The normalized spacial score (nSPS) is 18.1. The molecule has 1 heterocycles. The molecule has 9 heteroatoms. The van der Waals surface area contributed by atoms with Crippen molar-refractivity contribution in [2.24, 2.45) is 0 Å². The molecule has 0 atom stereocenters. The van der Waals surface area contributed by atoms with Crippen molar-refractivity contribution in [1.82, 2.24) is 9.80 Å². The molecule has 0 unspecified atom stereocenters. The molecule has 0 fully saturated rings. The van der Waals surface area contributed by atoms with Crippen molar-refractivity contribution in [2.45, 2.75) is 6.54 Å². The topological polar surface area (TPSA) is 6.48 Å². The Bertz CT molecular complexity index is 458. The standard InChI is InChI=1S/C11H14N2.6FH.Sb/c1-12-7-8-13(10-12)9-11-5-3-2-4-6-11;;;;;;;/h2-8H,9-10H2,1H3;6*1H;/q;;;;;;;+5/p-6. The third kappa shape index (κ3) is 10.8. The molecule has 1 aliphatic heterocycles. The van der Waals surface area contributed by atoms with E-state index >= 15 is 0 Å². The number of hydrogen-bond acceptors (Lipinski definition) is 2. The Kier molecular flexibility index (Phi) is 4.30. The minimum atomic E-state index is -11.2. The Morgan fingerprint density at radius 2 is 1.45 bits per heavy atom. The molecule has 2 rings (SSSR count). The van der Waals surface area contributed by atoms with Crippen molar-refractivity contribution >= 4 is 19.5 Å². The first-order valence-electron chi connectivity index (χ1n) is 5.52. The molecule has 0 aliphatic carbocycles. The van der Waals surface area contributed by atoms with E-state index in [2.05, 4.69) is 59.6 Å². The molecule has 1 aliphatic rings. The molecule has 20 heavy (non-hydrogen) atoms. The van der Waals surface area contributed by atoms with Crippen LogP contribution >= 0.6 is 0 Å². The molecule has 0 bridgehead atoms. The van der Waals surface area contributed by atoms with Gasteiger partial charge in [-0.15, -0.1) is 0 Å². The monoisotopic (exact) mass is 409 g/mol. The number of nitrogens with zero attached hydrogens (tertiary/aromatic N) is 2. The number of halogens is 6. The van der Waals surface area contributed by atoms with Crippen molar-refractivity contribution in [2.75, 3.05) is 13.7 Å². The van der Waals surface area contributed by atoms with Gasteiger partial charge in [-0.2, -0.15) is 0 Å². The fourth-order valence-corrected chi connectivity index (χ4v) is 1.51. The van der Waals surface area contributed by atoms with Crippen LogP contribution in [0.1, 0.15) is 5.56 Å². The van der Waals surface area contributed by atoms with Crippen molar-refractivity contribution in [3.63, 3.8) is 0 Å². The van der Waals surface area contributed by atoms with E-state index in [1.165, 1.54) is 5.56 Å². The third-order valence-corrected chi connectivity index (χ3v) is 2.17. The molecule has 0 aromatic heterocycles. The van der Waals surface area contributed by atoms with Crippen LogP contribution in [0.4, 0.5) is 16.9 Å². The van der Waals surface area contributed by atoms with E-state index in [1.54, 1.807) is 0 Å². The predicted octanol–water partition coefficient (Wildman–Crippen LogP) is 4.00. The van der Waals surface area contributed by atoms with Gasteiger partial charge in [0.1, 0.15) is 0 Å².